The van der Waals surface area contributed by atoms with Crippen LogP contribution in [0, 0.1) is 6.92 Å². The predicted octanol–water partition coefficient (Wildman–Crippen LogP) is 5.83. The van der Waals surface area contributed by atoms with Gasteiger partial charge in [0.15, 0.2) is 0 Å². The van der Waals surface area contributed by atoms with Gasteiger partial charge in [0.1, 0.15) is 0 Å². The molecule has 3 heterocycles. The van der Waals surface area contributed by atoms with Crippen molar-refractivity contribution in [3.8, 4) is 0 Å². The molecule has 2 aliphatic heterocycles. The number of nitrogens with one attached hydrogen (secondary N) is 1. The second-order valence-corrected chi connectivity index (χ2v) is 7.47. The summed E-state index contributed by atoms with van der Waals surface area (Å²) in [6, 6.07) is 10.9. The predicted molar refractivity (Wildman–Crippen MR) is 117 cm³/mol. The van der Waals surface area contributed by atoms with Crippen molar-refractivity contribution in [3.63, 3.8) is 0 Å². The molecule has 0 fully saturated rings. The van der Waals surface area contributed by atoms with Crippen molar-refractivity contribution in [2.75, 3.05) is 5.32 Å². The summed E-state index contributed by atoms with van der Waals surface area (Å²) in [7, 11) is 0. The molecule has 0 saturated carbocycles. The largest absolute Gasteiger partial charge is 0.354 e. The maximum atomic E-state index is 5.01. The highest BCUT2D eigenvalue weighted by Gasteiger charge is 2.33. The zero-order valence-corrected chi connectivity index (χ0v) is 16.8. The lowest BCUT2D eigenvalue weighted by molar-refractivity contribution is 0.293. The second-order valence-electron chi connectivity index (χ2n) is 7.47. The molecular formula is C24H26N4. The molecule has 1 aromatic carbocycles. The van der Waals surface area contributed by atoms with E-state index in [4.69, 9.17) is 5.10 Å². The van der Waals surface area contributed by atoms with Gasteiger partial charge in [-0.25, -0.2) is 0 Å². The summed E-state index contributed by atoms with van der Waals surface area (Å²) in [6.45, 7) is 14.9. The zero-order valence-electron chi connectivity index (χ0n) is 16.8. The lowest BCUT2D eigenvalue weighted by Crippen LogP contribution is -2.18. The summed E-state index contributed by atoms with van der Waals surface area (Å²) in [4.78, 5) is 4.22. The van der Waals surface area contributed by atoms with Crippen molar-refractivity contribution >= 4 is 17.0 Å². The van der Waals surface area contributed by atoms with E-state index < -0.39 is 0 Å². The summed E-state index contributed by atoms with van der Waals surface area (Å²) in [5.74, 6) is 0. The number of hydrogen-bond acceptors (Lipinski definition) is 4. The zero-order chi connectivity index (χ0) is 19.8. The topological polar surface area (TPSA) is 40.5 Å². The van der Waals surface area contributed by atoms with Crippen LogP contribution in [0.15, 0.2) is 78.0 Å². The Morgan fingerprint density at radius 1 is 1.21 bits per heavy atom. The molecule has 4 heteroatoms. The number of allylic oxidation sites excluding steroid dienone is 3. The third kappa shape index (κ3) is 3.05. The standard InChI is InChI=1S/C24H26N4/c1-6-16(3)28-23(19-9-7-15(2)8-10-19)13-21(27-28)24-17(4)20-11-12-25-14-22(20)26-18(24)5/h7-12,14,23,26H,3,5-6,13H2,1-2,4H3. The molecule has 2 aromatic rings. The first-order valence-corrected chi connectivity index (χ1v) is 9.72. The molecule has 0 aliphatic carbocycles. The average molecular weight is 371 g/mol. The van der Waals surface area contributed by atoms with Crippen LogP contribution < -0.4 is 5.32 Å². The van der Waals surface area contributed by atoms with Crippen molar-refractivity contribution in [1.82, 2.24) is 9.99 Å². The number of aromatic nitrogens is 1. The van der Waals surface area contributed by atoms with Crippen LogP contribution >= 0.6 is 0 Å². The molecule has 2 aliphatic rings. The Bertz CT molecular complexity index is 1010. The quantitative estimate of drug-likeness (QED) is 0.736. The van der Waals surface area contributed by atoms with Crippen LogP contribution in [0.1, 0.15) is 49.4 Å². The Balaban J connectivity index is 1.77. The summed E-state index contributed by atoms with van der Waals surface area (Å²) in [5.41, 5.74) is 9.91. The van der Waals surface area contributed by atoms with Gasteiger partial charge in [0.25, 0.3) is 0 Å². The number of anilines is 1. The van der Waals surface area contributed by atoms with E-state index in [1.165, 1.54) is 16.7 Å². The van der Waals surface area contributed by atoms with E-state index >= 15 is 0 Å². The van der Waals surface area contributed by atoms with Gasteiger partial charge >= 0.3 is 0 Å². The van der Waals surface area contributed by atoms with Gasteiger partial charge in [0, 0.05) is 35.1 Å². The smallest absolute Gasteiger partial charge is 0.0827 e. The fourth-order valence-corrected chi connectivity index (χ4v) is 3.96. The molecule has 1 unspecified atom stereocenters. The number of pyridine rings is 1. The molecule has 0 amide bonds. The lowest BCUT2D eigenvalue weighted by atomic mass is 9.89. The summed E-state index contributed by atoms with van der Waals surface area (Å²) < 4.78 is 0. The van der Waals surface area contributed by atoms with Gasteiger partial charge in [-0.05, 0) is 37.5 Å². The van der Waals surface area contributed by atoms with Crippen LogP contribution in [-0.4, -0.2) is 15.7 Å². The Kier molecular flexibility index (Phi) is 4.63. The molecule has 4 rings (SSSR count). The number of nitrogens with zero attached hydrogens (tertiary/aromatic N) is 3. The average Bonchev–Trinajstić information content (AvgIpc) is 3.13. The van der Waals surface area contributed by atoms with Gasteiger partial charge in [-0.1, -0.05) is 49.9 Å². The first-order valence-electron chi connectivity index (χ1n) is 9.72. The van der Waals surface area contributed by atoms with Crippen molar-refractivity contribution in [3.05, 3.63) is 89.5 Å². The maximum Gasteiger partial charge on any atom is 0.0827 e. The highest BCUT2D eigenvalue weighted by atomic mass is 15.5. The minimum atomic E-state index is 0.162. The Morgan fingerprint density at radius 2 is 1.96 bits per heavy atom. The van der Waals surface area contributed by atoms with Gasteiger partial charge in [0.05, 0.1) is 23.6 Å². The Hall–Kier alpha value is -3.14. The van der Waals surface area contributed by atoms with Gasteiger partial charge in [-0.2, -0.15) is 5.10 Å². The first-order chi connectivity index (χ1) is 13.5. The summed E-state index contributed by atoms with van der Waals surface area (Å²) in [5, 5.41) is 10.5. The molecule has 0 saturated heterocycles. The first kappa shape index (κ1) is 18.2. The number of hydrogen-bond donors (Lipinski definition) is 1. The van der Waals surface area contributed by atoms with Gasteiger partial charge in [-0.15, -0.1) is 0 Å². The van der Waals surface area contributed by atoms with Crippen LogP contribution in [0.5, 0.6) is 0 Å². The highest BCUT2D eigenvalue weighted by molar-refractivity contribution is 6.13. The minimum Gasteiger partial charge on any atom is -0.354 e. The third-order valence-corrected chi connectivity index (χ3v) is 5.58. The fraction of sp³-hybridized carbons (Fsp3) is 0.250. The van der Waals surface area contributed by atoms with Gasteiger partial charge in [-0.3, -0.25) is 9.99 Å². The molecule has 1 aromatic heterocycles. The maximum absolute atomic E-state index is 5.01. The summed E-state index contributed by atoms with van der Waals surface area (Å²) >= 11 is 0. The molecular weight excluding hydrogens is 344 g/mol. The molecule has 142 valence electrons. The van der Waals surface area contributed by atoms with E-state index in [2.05, 4.69) is 73.5 Å². The number of fused-ring (bicyclic) bond motifs is 1. The van der Waals surface area contributed by atoms with Gasteiger partial charge in [0.2, 0.25) is 0 Å². The van der Waals surface area contributed by atoms with E-state index in [1.54, 1.807) is 0 Å². The van der Waals surface area contributed by atoms with Crippen LogP contribution in [0.2, 0.25) is 0 Å². The van der Waals surface area contributed by atoms with E-state index in [0.717, 1.165) is 46.8 Å². The van der Waals surface area contributed by atoms with Crippen molar-refractivity contribution in [2.24, 2.45) is 5.10 Å². The van der Waals surface area contributed by atoms with E-state index in [1.807, 2.05) is 18.5 Å². The second kappa shape index (κ2) is 7.12. The normalized spacial score (nSPS) is 18.7. The van der Waals surface area contributed by atoms with Crippen LogP contribution in [0.3, 0.4) is 0 Å². The number of hydrazone groups is 1. The molecule has 4 nitrogen and oxygen atoms in total. The number of benzene rings is 1. The SMILES string of the molecule is C=C1Nc2cnccc2C(C)=C1C1=NN(C(=C)CC)C(c2ccc(C)cc2)C1. The highest BCUT2D eigenvalue weighted by Crippen LogP contribution is 2.41. The van der Waals surface area contributed by atoms with E-state index in [0.29, 0.717) is 0 Å². The minimum absolute atomic E-state index is 0.162. The molecule has 0 spiro atoms. The molecule has 28 heavy (non-hydrogen) atoms. The summed E-state index contributed by atoms with van der Waals surface area (Å²) in [6.07, 6.45) is 5.37. The fourth-order valence-electron chi connectivity index (χ4n) is 3.96. The van der Waals surface area contributed by atoms with Crippen LogP contribution in [0.25, 0.3) is 5.57 Å². The van der Waals surface area contributed by atoms with Gasteiger partial charge < -0.3 is 5.32 Å². The number of aryl methyl sites for hydroxylation is 1. The van der Waals surface area contributed by atoms with Crippen LogP contribution in [0.4, 0.5) is 5.69 Å². The van der Waals surface area contributed by atoms with Crippen molar-refractivity contribution in [1.29, 1.82) is 0 Å². The lowest BCUT2D eigenvalue weighted by Gasteiger charge is -2.25. The molecule has 0 bridgehead atoms. The monoisotopic (exact) mass is 370 g/mol. The number of rotatable bonds is 4. The third-order valence-electron chi connectivity index (χ3n) is 5.58. The van der Waals surface area contributed by atoms with E-state index in [9.17, 15) is 0 Å². The molecule has 0 radical (unpaired) electrons. The molecule has 1 atom stereocenters. The Labute approximate surface area is 167 Å². The van der Waals surface area contributed by atoms with Crippen molar-refractivity contribution < 1.29 is 0 Å². The Morgan fingerprint density at radius 3 is 2.68 bits per heavy atom. The van der Waals surface area contributed by atoms with Crippen molar-refractivity contribution in [2.45, 2.75) is 39.7 Å². The molecule has 1 N–H and O–H groups in total. The van der Waals surface area contributed by atoms with E-state index in [-0.39, 0.29) is 6.04 Å². The van der Waals surface area contributed by atoms with Crippen LogP contribution in [-0.2, 0) is 0 Å².